The van der Waals surface area contributed by atoms with Crippen molar-refractivity contribution in [1.82, 2.24) is 0 Å². The molecule has 0 heterocycles. The van der Waals surface area contributed by atoms with Crippen molar-refractivity contribution in [2.45, 2.75) is 13.8 Å². The van der Waals surface area contributed by atoms with E-state index in [4.69, 9.17) is 16.3 Å². The van der Waals surface area contributed by atoms with Crippen molar-refractivity contribution < 1.29 is 14.3 Å². The zero-order valence-electron chi connectivity index (χ0n) is 18.8. The number of ether oxygens (including phenoxy) is 1. The van der Waals surface area contributed by atoms with Crippen LogP contribution in [0, 0.1) is 25.2 Å². The Balaban J connectivity index is 1.68. The van der Waals surface area contributed by atoms with E-state index in [-0.39, 0.29) is 18.1 Å². The van der Waals surface area contributed by atoms with E-state index in [1.54, 1.807) is 36.4 Å². The number of amides is 2. The molecule has 0 unspecified atom stereocenters. The van der Waals surface area contributed by atoms with Crippen LogP contribution in [-0.4, -0.2) is 18.4 Å². The van der Waals surface area contributed by atoms with Gasteiger partial charge in [0.2, 0.25) is 0 Å². The van der Waals surface area contributed by atoms with Gasteiger partial charge in [0.05, 0.1) is 8.95 Å². The molecule has 0 atom stereocenters. The highest BCUT2D eigenvalue weighted by Gasteiger charge is 2.14. The van der Waals surface area contributed by atoms with Crippen LogP contribution in [-0.2, 0) is 9.59 Å². The number of hydrogen-bond acceptors (Lipinski definition) is 4. The lowest BCUT2D eigenvalue weighted by Crippen LogP contribution is -2.20. The maximum absolute atomic E-state index is 12.5. The van der Waals surface area contributed by atoms with Crippen LogP contribution in [0.4, 0.5) is 11.4 Å². The first-order chi connectivity index (χ1) is 16.7. The number of carbonyl (C=O) groups excluding carboxylic acids is 2. The molecule has 2 N–H and O–H groups in total. The van der Waals surface area contributed by atoms with Crippen molar-refractivity contribution in [3.05, 3.63) is 90.8 Å². The summed E-state index contributed by atoms with van der Waals surface area (Å²) in [5.74, 6) is -0.467. The summed E-state index contributed by atoms with van der Waals surface area (Å²) in [7, 11) is 0. The Kier molecular flexibility index (Phi) is 9.10. The second-order valence-corrected chi connectivity index (χ2v) is 9.72. The lowest BCUT2D eigenvalue weighted by atomic mass is 10.1. The first-order valence-corrected chi connectivity index (χ1v) is 12.3. The van der Waals surface area contributed by atoms with Crippen LogP contribution in [0.2, 0.25) is 5.02 Å². The van der Waals surface area contributed by atoms with Gasteiger partial charge in [0, 0.05) is 16.4 Å². The van der Waals surface area contributed by atoms with Gasteiger partial charge < -0.3 is 15.4 Å². The van der Waals surface area contributed by atoms with Crippen LogP contribution in [0.5, 0.6) is 5.75 Å². The fourth-order valence-corrected chi connectivity index (χ4v) is 4.59. The molecule has 3 aromatic rings. The van der Waals surface area contributed by atoms with Gasteiger partial charge in [-0.1, -0.05) is 35.4 Å². The van der Waals surface area contributed by atoms with E-state index in [0.29, 0.717) is 36.7 Å². The number of benzene rings is 3. The summed E-state index contributed by atoms with van der Waals surface area (Å²) in [4.78, 5) is 24.8. The fourth-order valence-electron chi connectivity index (χ4n) is 2.96. The lowest BCUT2D eigenvalue weighted by molar-refractivity contribution is -0.118. The summed E-state index contributed by atoms with van der Waals surface area (Å²) in [5, 5.41) is 15.5. The van der Waals surface area contributed by atoms with Gasteiger partial charge in [-0.15, -0.1) is 0 Å². The number of rotatable bonds is 7. The predicted octanol–water partition coefficient (Wildman–Crippen LogP) is 7.05. The number of halogens is 3. The van der Waals surface area contributed by atoms with Gasteiger partial charge in [0.15, 0.2) is 6.61 Å². The van der Waals surface area contributed by atoms with Gasteiger partial charge in [-0.25, -0.2) is 0 Å². The molecule has 0 bridgehead atoms. The average molecular weight is 618 g/mol. The standard InChI is InChI=1S/C26H20Br2ClN3O3/c1-15-3-6-19(7-4-15)32-26(34)18(13-30)9-17-10-21(27)25(22(28)11-17)35-14-24(33)31-20-8-5-16(2)23(29)12-20/h3-12H,14H2,1-2H3,(H,31,33)(H,32,34)/b18-9-. The molecule has 0 aliphatic heterocycles. The largest absolute Gasteiger partial charge is 0.481 e. The quantitative estimate of drug-likeness (QED) is 0.220. The van der Waals surface area contributed by atoms with Crippen molar-refractivity contribution in [2.24, 2.45) is 0 Å². The monoisotopic (exact) mass is 615 g/mol. The van der Waals surface area contributed by atoms with Crippen molar-refractivity contribution in [2.75, 3.05) is 17.2 Å². The molecule has 0 aliphatic carbocycles. The molecule has 0 radical (unpaired) electrons. The summed E-state index contributed by atoms with van der Waals surface area (Å²) >= 11 is 12.9. The van der Waals surface area contributed by atoms with Gasteiger partial charge >= 0.3 is 0 Å². The second-order valence-electron chi connectivity index (χ2n) is 7.60. The number of nitrogens with one attached hydrogen (secondary N) is 2. The molecule has 0 fully saturated rings. The van der Waals surface area contributed by atoms with E-state index in [9.17, 15) is 14.9 Å². The van der Waals surface area contributed by atoms with Crippen LogP contribution in [0.1, 0.15) is 16.7 Å². The minimum absolute atomic E-state index is 0.0609. The van der Waals surface area contributed by atoms with Gasteiger partial charge in [-0.2, -0.15) is 5.26 Å². The van der Waals surface area contributed by atoms with Gasteiger partial charge in [0.25, 0.3) is 11.8 Å². The minimum atomic E-state index is -0.517. The van der Waals surface area contributed by atoms with E-state index >= 15 is 0 Å². The van der Waals surface area contributed by atoms with E-state index in [0.717, 1.165) is 11.1 Å². The van der Waals surface area contributed by atoms with Crippen LogP contribution < -0.4 is 15.4 Å². The van der Waals surface area contributed by atoms with E-state index in [1.165, 1.54) is 6.08 Å². The Bertz CT molecular complexity index is 1330. The van der Waals surface area contributed by atoms with E-state index < -0.39 is 5.91 Å². The number of hydrogen-bond donors (Lipinski definition) is 2. The topological polar surface area (TPSA) is 91.2 Å². The van der Waals surface area contributed by atoms with Gasteiger partial charge in [0.1, 0.15) is 17.4 Å². The first kappa shape index (κ1) is 26.5. The Hall–Kier alpha value is -3.12. The maximum atomic E-state index is 12.5. The zero-order valence-corrected chi connectivity index (χ0v) is 22.7. The average Bonchev–Trinajstić information content (AvgIpc) is 2.80. The fraction of sp³-hybridized carbons (Fsp3) is 0.115. The smallest absolute Gasteiger partial charge is 0.266 e. The Labute approximate surface area is 225 Å². The molecular weight excluding hydrogens is 598 g/mol. The highest BCUT2D eigenvalue weighted by Crippen LogP contribution is 2.35. The molecule has 35 heavy (non-hydrogen) atoms. The van der Waals surface area contributed by atoms with E-state index in [1.807, 2.05) is 38.1 Å². The molecular formula is C26H20Br2ClN3O3. The second kappa shape index (κ2) is 12.0. The Morgan fingerprint density at radius 1 is 1.00 bits per heavy atom. The molecule has 0 aromatic heterocycles. The molecule has 6 nitrogen and oxygen atoms in total. The molecule has 3 aromatic carbocycles. The molecule has 0 aliphatic rings. The van der Waals surface area contributed by atoms with Crippen molar-refractivity contribution in [3.8, 4) is 11.8 Å². The number of nitrogens with zero attached hydrogens (tertiary/aromatic N) is 1. The first-order valence-electron chi connectivity index (χ1n) is 10.3. The molecule has 0 saturated carbocycles. The molecule has 3 rings (SSSR count). The number of anilines is 2. The van der Waals surface area contributed by atoms with Crippen LogP contribution in [0.3, 0.4) is 0 Å². The van der Waals surface area contributed by atoms with Crippen molar-refractivity contribution in [1.29, 1.82) is 5.26 Å². The number of nitriles is 1. The normalized spacial score (nSPS) is 10.9. The Morgan fingerprint density at radius 2 is 1.63 bits per heavy atom. The Morgan fingerprint density at radius 3 is 2.23 bits per heavy atom. The van der Waals surface area contributed by atoms with Gasteiger partial charge in [-0.05, 0) is 99.3 Å². The number of carbonyl (C=O) groups is 2. The SMILES string of the molecule is Cc1ccc(NC(=O)/C(C#N)=C\c2cc(Br)c(OCC(=O)Nc3ccc(C)c(Cl)c3)c(Br)c2)cc1. The molecule has 0 saturated heterocycles. The highest BCUT2D eigenvalue weighted by molar-refractivity contribution is 9.11. The molecule has 9 heteroatoms. The zero-order chi connectivity index (χ0) is 25.5. The maximum Gasteiger partial charge on any atom is 0.266 e. The third kappa shape index (κ3) is 7.43. The summed E-state index contributed by atoms with van der Waals surface area (Å²) < 4.78 is 6.76. The lowest BCUT2D eigenvalue weighted by Gasteiger charge is -2.12. The van der Waals surface area contributed by atoms with Gasteiger partial charge in [-0.3, -0.25) is 9.59 Å². The molecule has 178 valence electrons. The van der Waals surface area contributed by atoms with Crippen molar-refractivity contribution in [3.63, 3.8) is 0 Å². The third-order valence-corrected chi connectivity index (χ3v) is 6.39. The van der Waals surface area contributed by atoms with Crippen LogP contribution in [0.15, 0.2) is 69.1 Å². The van der Waals surface area contributed by atoms with Crippen LogP contribution in [0.25, 0.3) is 6.08 Å². The summed E-state index contributed by atoms with van der Waals surface area (Å²) in [6.45, 7) is 3.59. The predicted molar refractivity (Wildman–Crippen MR) is 146 cm³/mol. The third-order valence-electron chi connectivity index (χ3n) is 4.81. The van der Waals surface area contributed by atoms with E-state index in [2.05, 4.69) is 42.5 Å². The highest BCUT2D eigenvalue weighted by atomic mass is 79.9. The summed E-state index contributed by atoms with van der Waals surface area (Å²) in [6, 6.07) is 17.8. The molecule has 2 amide bonds. The van der Waals surface area contributed by atoms with Crippen molar-refractivity contribution >= 4 is 72.7 Å². The molecule has 0 spiro atoms. The van der Waals surface area contributed by atoms with Crippen LogP contribution >= 0.6 is 43.5 Å². The summed E-state index contributed by atoms with van der Waals surface area (Å²) in [6.07, 6.45) is 1.47. The minimum Gasteiger partial charge on any atom is -0.481 e. The summed E-state index contributed by atoms with van der Waals surface area (Å²) in [5.41, 5.74) is 3.67. The number of aryl methyl sites for hydroxylation is 2.